The Balaban J connectivity index is 1.67. The van der Waals surface area contributed by atoms with Crippen LogP contribution in [0.15, 0.2) is 64.0 Å². The van der Waals surface area contributed by atoms with Crippen LogP contribution in [0.5, 0.6) is 11.5 Å². The average molecular weight is 536 g/mol. The van der Waals surface area contributed by atoms with E-state index in [0.29, 0.717) is 48.1 Å². The summed E-state index contributed by atoms with van der Waals surface area (Å²) >= 11 is 9.11. The molecule has 0 amide bonds. The number of hydrogen-bond donors (Lipinski definition) is 0. The van der Waals surface area contributed by atoms with Gasteiger partial charge in [-0.1, -0.05) is 42.5 Å². The first kappa shape index (κ1) is 23.0. The van der Waals surface area contributed by atoms with E-state index < -0.39 is 10.1 Å². The molecule has 0 atom stereocenters. The summed E-state index contributed by atoms with van der Waals surface area (Å²) in [5, 5.41) is 1.76. The van der Waals surface area contributed by atoms with Crippen molar-refractivity contribution in [3.8, 4) is 11.5 Å². The Kier molecular flexibility index (Phi) is 6.99. The normalized spacial score (nSPS) is 14.4. The minimum Gasteiger partial charge on any atom is -0.490 e. The lowest BCUT2D eigenvalue weighted by Gasteiger charge is -2.29. The van der Waals surface area contributed by atoms with Crippen molar-refractivity contribution >= 4 is 54.0 Å². The maximum atomic E-state index is 13.1. The molecule has 0 bridgehead atoms. The molecule has 1 fully saturated rings. The van der Waals surface area contributed by atoms with Gasteiger partial charge in [0.1, 0.15) is 9.88 Å². The zero-order chi connectivity index (χ0) is 22.7. The number of thiocarbonyl (C=S) groups is 1. The van der Waals surface area contributed by atoms with Crippen LogP contribution in [-0.4, -0.2) is 51.2 Å². The summed E-state index contributed by atoms with van der Waals surface area (Å²) in [6.07, 6.45) is 0. The summed E-state index contributed by atoms with van der Waals surface area (Å²) in [5.41, 5.74) is 0.743. The molecule has 0 saturated carbocycles. The van der Waals surface area contributed by atoms with Gasteiger partial charge in [-0.3, -0.25) is 0 Å². The van der Waals surface area contributed by atoms with E-state index in [2.05, 4.69) is 20.8 Å². The molecule has 32 heavy (non-hydrogen) atoms. The smallest absolute Gasteiger partial charge is 0.339 e. The number of benzene rings is 3. The number of rotatable bonds is 6. The summed E-state index contributed by atoms with van der Waals surface area (Å²) in [5.74, 6) is 0.394. The highest BCUT2D eigenvalue weighted by atomic mass is 79.9. The molecule has 0 N–H and O–H groups in total. The van der Waals surface area contributed by atoms with E-state index in [1.807, 2.05) is 31.2 Å². The quantitative estimate of drug-likeness (QED) is 0.332. The van der Waals surface area contributed by atoms with Gasteiger partial charge in [0, 0.05) is 18.7 Å². The maximum Gasteiger partial charge on any atom is 0.339 e. The third kappa shape index (κ3) is 4.91. The monoisotopic (exact) mass is 535 g/mol. The lowest BCUT2D eigenvalue weighted by molar-refractivity contribution is 0.0693. The minimum absolute atomic E-state index is 0.0680. The first-order valence-electron chi connectivity index (χ1n) is 10.2. The van der Waals surface area contributed by atoms with Crippen molar-refractivity contribution in [2.45, 2.75) is 11.8 Å². The molecule has 0 radical (unpaired) electrons. The Labute approximate surface area is 201 Å². The summed E-state index contributed by atoms with van der Waals surface area (Å²) < 4.78 is 43.3. The van der Waals surface area contributed by atoms with Crippen LogP contribution in [0, 0.1) is 0 Å². The van der Waals surface area contributed by atoms with Crippen molar-refractivity contribution < 1.29 is 22.1 Å². The standard InChI is InChI=1S/C23H22BrNO5S2/c1-2-29-21-15-18(23(31)25-9-11-28-12-10-25)14-20(24)22(21)30-32(26,27)19-8-7-16-5-3-4-6-17(16)13-19/h3-8,13-15H,2,9-12H2,1H3. The van der Waals surface area contributed by atoms with Crippen molar-refractivity contribution in [3.63, 3.8) is 0 Å². The fourth-order valence-electron chi connectivity index (χ4n) is 3.47. The van der Waals surface area contributed by atoms with Gasteiger partial charge in [0.2, 0.25) is 0 Å². The van der Waals surface area contributed by atoms with Crippen LogP contribution in [0.2, 0.25) is 0 Å². The minimum atomic E-state index is -4.09. The summed E-state index contributed by atoms with van der Waals surface area (Å²) in [6, 6.07) is 15.9. The van der Waals surface area contributed by atoms with Gasteiger partial charge in [-0.25, -0.2) is 0 Å². The Bertz CT molecular complexity index is 1260. The molecule has 1 saturated heterocycles. The van der Waals surface area contributed by atoms with Crippen LogP contribution in [0.4, 0.5) is 0 Å². The first-order valence-corrected chi connectivity index (χ1v) is 12.8. The van der Waals surface area contributed by atoms with E-state index >= 15 is 0 Å². The predicted molar refractivity (Wildman–Crippen MR) is 131 cm³/mol. The van der Waals surface area contributed by atoms with Gasteiger partial charge in [0.05, 0.1) is 24.3 Å². The molecule has 3 aromatic rings. The van der Waals surface area contributed by atoms with Crippen LogP contribution in [0.3, 0.4) is 0 Å². The largest absolute Gasteiger partial charge is 0.490 e. The number of halogens is 1. The highest BCUT2D eigenvalue weighted by Gasteiger charge is 2.24. The van der Waals surface area contributed by atoms with E-state index in [-0.39, 0.29) is 10.6 Å². The number of fused-ring (bicyclic) bond motifs is 1. The fourth-order valence-corrected chi connectivity index (χ4v) is 5.39. The molecular weight excluding hydrogens is 514 g/mol. The van der Waals surface area contributed by atoms with Crippen molar-refractivity contribution in [2.24, 2.45) is 0 Å². The molecule has 0 aromatic heterocycles. The maximum absolute atomic E-state index is 13.1. The molecule has 1 heterocycles. The van der Waals surface area contributed by atoms with E-state index in [1.54, 1.807) is 24.3 Å². The molecule has 3 aromatic carbocycles. The SMILES string of the molecule is CCOc1cc(C(=S)N2CCOCC2)cc(Br)c1OS(=O)(=O)c1ccc2ccccc2c1. The summed E-state index contributed by atoms with van der Waals surface area (Å²) in [4.78, 5) is 2.78. The topological polar surface area (TPSA) is 65.1 Å². The van der Waals surface area contributed by atoms with E-state index in [1.165, 1.54) is 6.07 Å². The molecule has 0 spiro atoms. The van der Waals surface area contributed by atoms with E-state index in [4.69, 9.17) is 25.9 Å². The van der Waals surface area contributed by atoms with Gasteiger partial charge in [-0.15, -0.1) is 0 Å². The summed E-state index contributed by atoms with van der Waals surface area (Å²) in [6.45, 7) is 4.80. The van der Waals surface area contributed by atoms with Crippen molar-refractivity contribution in [1.29, 1.82) is 0 Å². The molecule has 1 aliphatic rings. The van der Waals surface area contributed by atoms with Crippen LogP contribution >= 0.6 is 28.1 Å². The Morgan fingerprint density at radius 3 is 2.53 bits per heavy atom. The van der Waals surface area contributed by atoms with Crippen LogP contribution in [0.1, 0.15) is 12.5 Å². The zero-order valence-electron chi connectivity index (χ0n) is 17.4. The van der Waals surface area contributed by atoms with Crippen LogP contribution in [-0.2, 0) is 14.9 Å². The predicted octanol–water partition coefficient (Wildman–Crippen LogP) is 4.78. The average Bonchev–Trinajstić information content (AvgIpc) is 2.81. The van der Waals surface area contributed by atoms with Crippen molar-refractivity contribution in [2.75, 3.05) is 32.9 Å². The van der Waals surface area contributed by atoms with Gasteiger partial charge in [0.15, 0.2) is 11.5 Å². The number of hydrogen-bond acceptors (Lipinski definition) is 6. The zero-order valence-corrected chi connectivity index (χ0v) is 20.6. The fraction of sp³-hybridized carbons (Fsp3) is 0.261. The molecular formula is C23H22BrNO5S2. The Morgan fingerprint density at radius 2 is 1.81 bits per heavy atom. The van der Waals surface area contributed by atoms with Gasteiger partial charge in [0.25, 0.3) is 0 Å². The highest BCUT2D eigenvalue weighted by Crippen LogP contribution is 2.39. The van der Waals surface area contributed by atoms with Gasteiger partial charge >= 0.3 is 10.1 Å². The van der Waals surface area contributed by atoms with Gasteiger partial charge in [-0.2, -0.15) is 8.42 Å². The molecule has 9 heteroatoms. The molecule has 168 valence electrons. The van der Waals surface area contributed by atoms with E-state index in [9.17, 15) is 8.42 Å². The number of ether oxygens (including phenoxy) is 2. The van der Waals surface area contributed by atoms with Gasteiger partial charge in [-0.05, 0) is 57.9 Å². The number of nitrogens with zero attached hydrogens (tertiary/aromatic N) is 1. The van der Waals surface area contributed by atoms with Crippen LogP contribution < -0.4 is 8.92 Å². The lowest BCUT2D eigenvalue weighted by Crippen LogP contribution is -2.40. The molecule has 0 unspecified atom stereocenters. The lowest BCUT2D eigenvalue weighted by atomic mass is 10.1. The summed E-state index contributed by atoms with van der Waals surface area (Å²) in [7, 11) is -4.09. The Hall–Kier alpha value is -2.20. The van der Waals surface area contributed by atoms with Crippen molar-refractivity contribution in [3.05, 3.63) is 64.6 Å². The number of morpholine rings is 1. The third-order valence-corrected chi connectivity index (χ3v) is 7.36. The molecule has 1 aliphatic heterocycles. The molecule has 4 rings (SSSR count). The molecule has 0 aliphatic carbocycles. The third-order valence-electron chi connectivity index (χ3n) is 5.06. The van der Waals surface area contributed by atoms with Crippen molar-refractivity contribution in [1.82, 2.24) is 4.90 Å². The first-order chi connectivity index (χ1) is 15.4. The molecule has 6 nitrogen and oxygen atoms in total. The van der Waals surface area contributed by atoms with Crippen LogP contribution in [0.25, 0.3) is 10.8 Å². The second-order valence-corrected chi connectivity index (χ2v) is 9.96. The van der Waals surface area contributed by atoms with Gasteiger partial charge < -0.3 is 18.6 Å². The Morgan fingerprint density at radius 1 is 1.09 bits per heavy atom. The second-order valence-electron chi connectivity index (χ2n) is 7.17. The highest BCUT2D eigenvalue weighted by molar-refractivity contribution is 9.10. The van der Waals surface area contributed by atoms with E-state index in [0.717, 1.165) is 16.3 Å². The second kappa shape index (κ2) is 9.74.